The number of rotatable bonds is 11. The molecule has 12 rings (SSSR count). The average molecular weight is 1210 g/mol. The van der Waals surface area contributed by atoms with E-state index < -0.39 is 0 Å². The summed E-state index contributed by atoms with van der Waals surface area (Å²) in [5.41, 5.74) is 12.2. The van der Waals surface area contributed by atoms with E-state index in [-0.39, 0.29) is 17.7 Å². The molecule has 2 N–H and O–H groups in total. The van der Waals surface area contributed by atoms with Gasteiger partial charge >= 0.3 is 0 Å². The summed E-state index contributed by atoms with van der Waals surface area (Å²) in [6.45, 7) is 11.1. The summed E-state index contributed by atoms with van der Waals surface area (Å²) in [7, 11) is 0. The van der Waals surface area contributed by atoms with E-state index in [2.05, 4.69) is 162 Å². The Kier molecular flexibility index (Phi) is 23.0. The Morgan fingerprint density at radius 3 is 0.894 bits per heavy atom. The van der Waals surface area contributed by atoms with E-state index in [4.69, 9.17) is 9.97 Å². The van der Waals surface area contributed by atoms with Crippen molar-refractivity contribution in [1.29, 1.82) is 0 Å². The number of hydrogen-bond acceptors (Lipinski definition) is 11. The van der Waals surface area contributed by atoms with Crippen molar-refractivity contribution in [2.45, 2.75) is 110 Å². The van der Waals surface area contributed by atoms with Gasteiger partial charge in [-0.2, -0.15) is 0 Å². The molecule has 0 saturated carbocycles. The minimum atomic E-state index is 0.177. The minimum absolute atomic E-state index is 0.177. The first-order chi connectivity index (χ1) is 41.7. The highest BCUT2D eigenvalue weighted by Gasteiger charge is 2.28. The first-order valence-corrected chi connectivity index (χ1v) is 32.0. The van der Waals surface area contributed by atoms with Crippen molar-refractivity contribution in [3.63, 3.8) is 0 Å². The topological polar surface area (TPSA) is 143 Å². The Bertz CT molecular complexity index is 2930. The molecule has 85 heavy (non-hydrogen) atoms. The van der Waals surface area contributed by atoms with E-state index in [0.29, 0.717) is 56.4 Å². The molecule has 3 amide bonds. The van der Waals surface area contributed by atoms with Crippen molar-refractivity contribution in [1.82, 2.24) is 55.1 Å². The maximum Gasteiger partial charge on any atom is 0.236 e. The lowest BCUT2D eigenvalue weighted by Crippen LogP contribution is -2.44. The number of benzene rings is 3. The van der Waals surface area contributed by atoms with Crippen LogP contribution in [0.25, 0.3) is 0 Å². The number of nitrogens with zero attached hydrogens (tertiary/aromatic N) is 9. The van der Waals surface area contributed by atoms with E-state index in [1.165, 1.54) is 16.7 Å². The molecule has 3 saturated heterocycles. The fourth-order valence-corrected chi connectivity index (χ4v) is 12.8. The van der Waals surface area contributed by atoms with Crippen LogP contribution in [0.5, 0.6) is 0 Å². The first-order valence-electron chi connectivity index (χ1n) is 30.9. The van der Waals surface area contributed by atoms with Gasteiger partial charge in [0.15, 0.2) is 0 Å². The third-order valence-electron chi connectivity index (χ3n) is 17.1. The summed E-state index contributed by atoms with van der Waals surface area (Å²) in [4.78, 5) is 68.5. The number of halogens is 1. The zero-order valence-electron chi connectivity index (χ0n) is 49.3. The molecule has 15 heteroatoms. The maximum absolute atomic E-state index is 13.6. The number of likely N-dealkylation sites (tertiary alicyclic amines) is 3. The molecule has 3 fully saturated rings. The molecule has 8 bridgehead atoms. The van der Waals surface area contributed by atoms with Crippen molar-refractivity contribution in [2.24, 2.45) is 17.8 Å². The van der Waals surface area contributed by atoms with Gasteiger partial charge in [0, 0.05) is 91.6 Å². The number of carbonyl (C=O) groups excluding carboxylic acids is 3. The molecule has 9 heterocycles. The molecule has 0 aliphatic carbocycles. The summed E-state index contributed by atoms with van der Waals surface area (Å²) in [5, 5.41) is 7.21. The molecular weight excluding hydrogens is 1120 g/mol. The summed E-state index contributed by atoms with van der Waals surface area (Å²) < 4.78 is 0. The second-order valence-electron chi connectivity index (χ2n) is 23.7. The van der Waals surface area contributed by atoms with Crippen molar-refractivity contribution in [2.75, 3.05) is 57.7 Å². The van der Waals surface area contributed by atoms with Gasteiger partial charge in [0.25, 0.3) is 0 Å². The Labute approximate surface area is 512 Å². The number of nitrogens with one attached hydrogen (secondary N) is 2. The van der Waals surface area contributed by atoms with Gasteiger partial charge in [-0.1, -0.05) is 131 Å². The van der Waals surface area contributed by atoms with Gasteiger partial charge in [-0.05, 0) is 141 Å². The first kappa shape index (κ1) is 61.1. The third-order valence-corrected chi connectivity index (χ3v) is 17.5. The number of amides is 3. The third kappa shape index (κ3) is 19.5. The monoisotopic (exact) mass is 1210 g/mol. The molecule has 0 atom stereocenters. The SMILES string of the molecule is O=C(CBr)N1CCC(Cc2ccccc2)CC1.O=C(CN1Cc2cccc(n2)CN(CC(=O)N2CCC(Cc3ccccc3)CC2)Cc2cccc(n2)C1)N1CCC(Cc2ccccc2)CC1.c1cc2nc(c1)CNCc1cccc(n1)CNC2. The van der Waals surface area contributed by atoms with Crippen LogP contribution in [0.4, 0.5) is 0 Å². The Morgan fingerprint density at radius 2 is 0.612 bits per heavy atom. The number of piperidine rings is 3. The lowest BCUT2D eigenvalue weighted by atomic mass is 9.90. The molecule has 4 aromatic heterocycles. The van der Waals surface area contributed by atoms with Gasteiger partial charge in [-0.25, -0.2) is 0 Å². The molecular formula is C70H84BrN11O3. The standard InChI is InChI=1S/C42H50N6O2.C14H18BrNO.C14H16N4/c49-41(47-21-17-35(18-22-47)25-33-9-3-1-4-10-33)31-45-27-37-13-7-15-39(43-37)29-46(30-40-16-8-14-38(28-45)44-40)32-42(50)48-23-19-36(20-24-48)26-34-11-5-2-6-12-34;15-11-14(17)16-8-6-13(7-9-16)10-12-4-2-1-3-5-12;1-3-11-7-15-9-13-5-2-6-14(18-13)10-16-8-12(4-1)17-11/h1-16,35-36H,17-32H2;1-5,13H,6-11H2;1-6,15-16H,7-10H2. The largest absolute Gasteiger partial charge is 0.342 e. The van der Waals surface area contributed by atoms with Crippen molar-refractivity contribution in [3.8, 4) is 0 Å². The van der Waals surface area contributed by atoms with E-state index in [1.54, 1.807) is 0 Å². The number of alkyl halides is 1. The minimum Gasteiger partial charge on any atom is -0.342 e. The quantitative estimate of drug-likeness (QED) is 0.120. The van der Waals surface area contributed by atoms with Crippen LogP contribution in [0.1, 0.15) is 101 Å². The molecule has 7 aromatic rings. The van der Waals surface area contributed by atoms with Crippen LogP contribution in [-0.2, 0) is 86.0 Å². The average Bonchev–Trinajstić information content (AvgIpc) is 3.54. The second kappa shape index (κ2) is 31.9. The fraction of sp³-hybridized carbons (Fsp3) is 0.414. The Balaban J connectivity index is 0.000000185. The second-order valence-corrected chi connectivity index (χ2v) is 24.2. The smallest absolute Gasteiger partial charge is 0.236 e. The maximum atomic E-state index is 13.6. The summed E-state index contributed by atoms with van der Waals surface area (Å²) in [5.74, 6) is 2.55. The normalized spacial score (nSPS) is 17.5. The molecule has 444 valence electrons. The van der Waals surface area contributed by atoms with Crippen LogP contribution in [0.3, 0.4) is 0 Å². The van der Waals surface area contributed by atoms with Crippen LogP contribution >= 0.6 is 15.9 Å². The lowest BCUT2D eigenvalue weighted by molar-refractivity contribution is -0.134. The van der Waals surface area contributed by atoms with Crippen LogP contribution in [0.2, 0.25) is 0 Å². The molecule has 0 radical (unpaired) electrons. The highest BCUT2D eigenvalue weighted by atomic mass is 79.9. The van der Waals surface area contributed by atoms with Crippen LogP contribution in [0, 0.1) is 17.8 Å². The zero-order chi connectivity index (χ0) is 58.4. The predicted molar refractivity (Wildman–Crippen MR) is 338 cm³/mol. The highest BCUT2D eigenvalue weighted by molar-refractivity contribution is 9.09. The molecule has 0 spiro atoms. The van der Waals surface area contributed by atoms with Gasteiger partial charge in [0.05, 0.1) is 64.0 Å². The van der Waals surface area contributed by atoms with E-state index in [9.17, 15) is 14.4 Å². The molecule has 0 unspecified atom stereocenters. The molecule has 5 aliphatic rings. The summed E-state index contributed by atoms with van der Waals surface area (Å²) in [6.07, 6.45) is 9.74. The predicted octanol–water partition coefficient (Wildman–Crippen LogP) is 9.99. The number of hydrogen-bond donors (Lipinski definition) is 2. The van der Waals surface area contributed by atoms with Gasteiger partial charge in [-0.3, -0.25) is 44.1 Å². The Morgan fingerprint density at radius 1 is 0.353 bits per heavy atom. The van der Waals surface area contributed by atoms with Gasteiger partial charge in [0.1, 0.15) is 0 Å². The number of carbonyl (C=O) groups is 3. The van der Waals surface area contributed by atoms with Crippen molar-refractivity contribution >= 4 is 33.7 Å². The van der Waals surface area contributed by atoms with E-state index in [1.807, 2.05) is 63.2 Å². The summed E-state index contributed by atoms with van der Waals surface area (Å²) >= 11 is 3.23. The molecule has 5 aliphatic heterocycles. The molecule has 3 aromatic carbocycles. The highest BCUT2D eigenvalue weighted by Crippen LogP contribution is 2.26. The fourth-order valence-electron chi connectivity index (χ4n) is 12.4. The van der Waals surface area contributed by atoms with Gasteiger partial charge in [-0.15, -0.1) is 0 Å². The van der Waals surface area contributed by atoms with Crippen LogP contribution < -0.4 is 10.6 Å². The summed E-state index contributed by atoms with van der Waals surface area (Å²) in [6, 6.07) is 56.6. The van der Waals surface area contributed by atoms with Gasteiger partial charge < -0.3 is 25.3 Å². The number of aromatic nitrogens is 4. The lowest BCUT2D eigenvalue weighted by Gasteiger charge is -2.34. The van der Waals surface area contributed by atoms with Crippen molar-refractivity contribution in [3.05, 3.63) is 226 Å². The van der Waals surface area contributed by atoms with Gasteiger partial charge in [0.2, 0.25) is 17.7 Å². The van der Waals surface area contributed by atoms with Crippen molar-refractivity contribution < 1.29 is 14.4 Å². The van der Waals surface area contributed by atoms with Crippen LogP contribution in [-0.4, -0.2) is 120 Å². The zero-order valence-corrected chi connectivity index (χ0v) is 50.9. The van der Waals surface area contributed by atoms with Crippen LogP contribution in [0.15, 0.2) is 164 Å². The number of fused-ring (bicyclic) bond motifs is 8. The number of pyridine rings is 4. The molecule has 14 nitrogen and oxygen atoms in total. The Hall–Kier alpha value is -7.01. The van der Waals surface area contributed by atoms with E-state index >= 15 is 0 Å². The van der Waals surface area contributed by atoms with E-state index in [0.717, 1.165) is 175 Å².